The molecule has 1 amide bonds. The first-order chi connectivity index (χ1) is 13.7. The first kappa shape index (κ1) is 23.0. The van der Waals surface area contributed by atoms with Crippen LogP contribution in [0.15, 0.2) is 24.3 Å². The lowest BCUT2D eigenvalue weighted by molar-refractivity contribution is -0.151. The average Bonchev–Trinajstić information content (AvgIpc) is 2.70. The number of nitrogens with zero attached hydrogens (tertiary/aromatic N) is 2. The normalized spacial score (nSPS) is 16.2. The van der Waals surface area contributed by atoms with Crippen molar-refractivity contribution in [1.29, 1.82) is 0 Å². The van der Waals surface area contributed by atoms with E-state index in [1.54, 1.807) is 43.0 Å². The van der Waals surface area contributed by atoms with Crippen molar-refractivity contribution in [3.05, 3.63) is 24.3 Å². The largest absolute Gasteiger partial charge is 0.497 e. The molecule has 29 heavy (non-hydrogen) atoms. The summed E-state index contributed by atoms with van der Waals surface area (Å²) in [5.74, 6) is -0.207. The lowest BCUT2D eigenvalue weighted by Gasteiger charge is -2.37. The van der Waals surface area contributed by atoms with Crippen molar-refractivity contribution >= 4 is 27.6 Å². The quantitative estimate of drug-likeness (QED) is 0.591. The second-order valence-corrected chi connectivity index (χ2v) is 8.90. The third-order valence-corrected chi connectivity index (χ3v) is 6.23. The predicted molar refractivity (Wildman–Crippen MR) is 110 cm³/mol. The van der Waals surface area contributed by atoms with E-state index in [1.165, 1.54) is 7.11 Å². The fourth-order valence-electron chi connectivity index (χ4n) is 3.60. The van der Waals surface area contributed by atoms with Gasteiger partial charge in [0.2, 0.25) is 15.9 Å². The van der Waals surface area contributed by atoms with Gasteiger partial charge in [0.05, 0.1) is 31.6 Å². The van der Waals surface area contributed by atoms with E-state index in [2.05, 4.69) is 0 Å². The molecule has 1 heterocycles. The summed E-state index contributed by atoms with van der Waals surface area (Å²) in [6, 6.07) is 5.79. The van der Waals surface area contributed by atoms with Crippen molar-refractivity contribution in [3.8, 4) is 5.75 Å². The van der Waals surface area contributed by atoms with Crippen LogP contribution in [0, 0.1) is 5.92 Å². The fraction of sp³-hybridized carbons (Fsp3) is 0.600. The molecule has 0 unspecified atom stereocenters. The molecule has 8 nitrogen and oxygen atoms in total. The summed E-state index contributed by atoms with van der Waals surface area (Å²) >= 11 is 0. The summed E-state index contributed by atoms with van der Waals surface area (Å²) in [4.78, 5) is 26.8. The maximum Gasteiger partial charge on any atom is 0.309 e. The van der Waals surface area contributed by atoms with E-state index in [4.69, 9.17) is 9.47 Å². The summed E-state index contributed by atoms with van der Waals surface area (Å²) in [6.07, 6.45) is 2.44. The van der Waals surface area contributed by atoms with Crippen LogP contribution in [-0.2, 0) is 24.3 Å². The Morgan fingerprint density at radius 1 is 1.24 bits per heavy atom. The van der Waals surface area contributed by atoms with Gasteiger partial charge >= 0.3 is 5.97 Å². The first-order valence-electron chi connectivity index (χ1n) is 9.81. The van der Waals surface area contributed by atoms with Crippen molar-refractivity contribution in [2.75, 3.05) is 37.4 Å². The Labute approximate surface area is 172 Å². The Bertz CT molecular complexity index is 818. The van der Waals surface area contributed by atoms with E-state index >= 15 is 0 Å². The van der Waals surface area contributed by atoms with Gasteiger partial charge in [0.25, 0.3) is 0 Å². The second kappa shape index (κ2) is 9.96. The smallest absolute Gasteiger partial charge is 0.309 e. The Balaban J connectivity index is 2.22. The number of rotatable bonds is 8. The summed E-state index contributed by atoms with van der Waals surface area (Å²) in [7, 11) is -2.21. The van der Waals surface area contributed by atoms with Gasteiger partial charge in [-0.3, -0.25) is 13.9 Å². The van der Waals surface area contributed by atoms with Crippen LogP contribution in [0.1, 0.15) is 33.1 Å². The van der Waals surface area contributed by atoms with Gasteiger partial charge in [-0.2, -0.15) is 0 Å². The molecule has 1 aliphatic heterocycles. The van der Waals surface area contributed by atoms with E-state index in [-0.39, 0.29) is 17.8 Å². The zero-order valence-electron chi connectivity index (χ0n) is 17.5. The number of ether oxygens (including phenoxy) is 2. The molecule has 0 bridgehead atoms. The number of hydrogen-bond donors (Lipinski definition) is 0. The number of amides is 1. The van der Waals surface area contributed by atoms with Gasteiger partial charge in [0.15, 0.2) is 0 Å². The third kappa shape index (κ3) is 5.62. The second-order valence-electron chi connectivity index (χ2n) is 7.04. The number of sulfonamides is 1. The third-order valence-electron chi connectivity index (χ3n) is 5.05. The number of benzene rings is 1. The van der Waals surface area contributed by atoms with Gasteiger partial charge in [-0.1, -0.05) is 13.0 Å². The van der Waals surface area contributed by atoms with Crippen molar-refractivity contribution in [3.63, 3.8) is 0 Å². The number of carbonyl (C=O) groups excluding carboxylic acids is 2. The molecule has 1 atom stereocenters. The molecular weight excluding hydrogens is 396 g/mol. The van der Waals surface area contributed by atoms with E-state index < -0.39 is 16.1 Å². The van der Waals surface area contributed by atoms with Gasteiger partial charge in [0, 0.05) is 19.2 Å². The molecule has 0 aromatic heterocycles. The molecule has 1 aromatic carbocycles. The average molecular weight is 427 g/mol. The van der Waals surface area contributed by atoms with Crippen LogP contribution >= 0.6 is 0 Å². The highest BCUT2D eigenvalue weighted by atomic mass is 32.2. The molecule has 1 fully saturated rings. The first-order valence-corrected chi connectivity index (χ1v) is 11.7. The fourth-order valence-corrected chi connectivity index (χ4v) is 4.80. The summed E-state index contributed by atoms with van der Waals surface area (Å²) in [5, 5.41) is 0. The molecule has 0 radical (unpaired) electrons. The number of esters is 1. The monoisotopic (exact) mass is 426 g/mol. The molecule has 0 saturated carbocycles. The summed E-state index contributed by atoms with van der Waals surface area (Å²) in [5.41, 5.74) is 0.383. The molecule has 0 aliphatic carbocycles. The van der Waals surface area contributed by atoms with Crippen LogP contribution in [0.3, 0.4) is 0 Å². The number of carbonyl (C=O) groups is 2. The number of anilines is 1. The molecule has 1 aromatic rings. The molecule has 0 spiro atoms. The number of hydrogen-bond acceptors (Lipinski definition) is 6. The Hall–Kier alpha value is -2.29. The van der Waals surface area contributed by atoms with Crippen LogP contribution in [0.25, 0.3) is 0 Å². The van der Waals surface area contributed by atoms with Gasteiger partial charge in [-0.15, -0.1) is 0 Å². The number of methoxy groups -OCH3 is 1. The SMILES string of the molecule is CCOC(=O)C1CCN(C(=O)[C@@H](CC)N(c2cccc(OC)c2)S(C)(=O)=O)CC1. The highest BCUT2D eigenvalue weighted by Gasteiger charge is 2.36. The highest BCUT2D eigenvalue weighted by Crippen LogP contribution is 2.28. The topological polar surface area (TPSA) is 93.2 Å². The van der Waals surface area contributed by atoms with Gasteiger partial charge in [-0.05, 0) is 38.3 Å². The summed E-state index contributed by atoms with van der Waals surface area (Å²) in [6.45, 7) is 4.68. The van der Waals surface area contributed by atoms with Gasteiger partial charge in [-0.25, -0.2) is 8.42 Å². The number of likely N-dealkylation sites (tertiary alicyclic amines) is 1. The molecule has 162 valence electrons. The molecule has 2 rings (SSSR count). The van der Waals surface area contributed by atoms with Crippen molar-refractivity contribution in [1.82, 2.24) is 4.90 Å². The van der Waals surface area contributed by atoms with Gasteiger partial charge < -0.3 is 14.4 Å². The summed E-state index contributed by atoms with van der Waals surface area (Å²) < 4.78 is 36.6. The Morgan fingerprint density at radius 2 is 1.90 bits per heavy atom. The van der Waals surface area contributed by atoms with Crippen molar-refractivity contribution in [2.45, 2.75) is 39.2 Å². The Morgan fingerprint density at radius 3 is 2.41 bits per heavy atom. The minimum absolute atomic E-state index is 0.219. The lowest BCUT2D eigenvalue weighted by atomic mass is 9.96. The van der Waals surface area contributed by atoms with Crippen LogP contribution in [0.2, 0.25) is 0 Å². The molecular formula is C20H30N2O6S. The maximum atomic E-state index is 13.2. The van der Waals surface area contributed by atoms with E-state index in [0.717, 1.165) is 10.6 Å². The zero-order chi connectivity index (χ0) is 21.6. The molecule has 1 saturated heterocycles. The van der Waals surface area contributed by atoms with E-state index in [0.29, 0.717) is 50.4 Å². The molecule has 1 aliphatic rings. The minimum atomic E-state index is -3.71. The maximum absolute atomic E-state index is 13.2. The van der Waals surface area contributed by atoms with Crippen LogP contribution in [0.5, 0.6) is 5.75 Å². The van der Waals surface area contributed by atoms with Crippen LogP contribution in [-0.4, -0.2) is 64.3 Å². The number of piperidine rings is 1. The highest BCUT2D eigenvalue weighted by molar-refractivity contribution is 7.92. The molecule has 0 N–H and O–H groups in total. The Kier molecular flexibility index (Phi) is 7.89. The van der Waals surface area contributed by atoms with Crippen molar-refractivity contribution in [2.24, 2.45) is 5.92 Å². The standard InChI is InChI=1S/C20H30N2O6S/c1-5-18(19(23)21-12-10-15(11-13-21)20(24)28-6-2)22(29(4,25)26)16-8-7-9-17(14-16)27-3/h7-9,14-15,18H,5-6,10-13H2,1-4H3/t18-/m1/s1. The zero-order valence-corrected chi connectivity index (χ0v) is 18.3. The lowest BCUT2D eigenvalue weighted by Crippen LogP contribution is -2.52. The van der Waals surface area contributed by atoms with Crippen LogP contribution < -0.4 is 9.04 Å². The van der Waals surface area contributed by atoms with Gasteiger partial charge in [0.1, 0.15) is 11.8 Å². The van der Waals surface area contributed by atoms with E-state index in [1.807, 2.05) is 0 Å². The molecule has 9 heteroatoms. The van der Waals surface area contributed by atoms with E-state index in [9.17, 15) is 18.0 Å². The van der Waals surface area contributed by atoms with Crippen molar-refractivity contribution < 1.29 is 27.5 Å². The minimum Gasteiger partial charge on any atom is -0.497 e. The van der Waals surface area contributed by atoms with Crippen LogP contribution in [0.4, 0.5) is 5.69 Å². The predicted octanol–water partition coefficient (Wildman–Crippen LogP) is 2.04.